The van der Waals surface area contributed by atoms with Crippen LogP contribution in [-0.2, 0) is 24.8 Å². The van der Waals surface area contributed by atoms with Gasteiger partial charge in [0.25, 0.3) is 20.0 Å². The minimum absolute atomic E-state index is 0.123. The molecule has 0 aliphatic heterocycles. The van der Waals surface area contributed by atoms with Crippen molar-refractivity contribution in [1.82, 2.24) is 4.98 Å². The van der Waals surface area contributed by atoms with Crippen molar-refractivity contribution in [3.05, 3.63) is 96.2 Å². The van der Waals surface area contributed by atoms with Gasteiger partial charge in [0.1, 0.15) is 0 Å². The van der Waals surface area contributed by atoms with E-state index in [1.165, 1.54) is 74.0 Å². The van der Waals surface area contributed by atoms with Crippen LogP contribution in [0.25, 0.3) is 10.9 Å². The second kappa shape index (κ2) is 8.88. The molecule has 0 radical (unpaired) electrons. The number of carbonyl (C=O) groups excluding carboxylic acids is 1. The lowest BCUT2D eigenvalue weighted by molar-refractivity contribution is 0.0600. The summed E-state index contributed by atoms with van der Waals surface area (Å²) >= 11 is 0. The summed E-state index contributed by atoms with van der Waals surface area (Å²) < 4.78 is 59.9. The third-order valence-electron chi connectivity index (χ3n) is 5.06. The number of ether oxygens (including phenoxy) is 1. The van der Waals surface area contributed by atoms with Gasteiger partial charge in [-0.05, 0) is 61.0 Å². The van der Waals surface area contributed by atoms with Crippen LogP contribution < -0.4 is 3.71 Å². The molecule has 0 aliphatic carbocycles. The highest BCUT2D eigenvalue weighted by Crippen LogP contribution is 2.33. The van der Waals surface area contributed by atoms with Crippen LogP contribution in [0.15, 0.2) is 94.9 Å². The average molecular weight is 497 g/mol. The van der Waals surface area contributed by atoms with Crippen LogP contribution in [-0.4, -0.2) is 34.9 Å². The highest BCUT2D eigenvalue weighted by Gasteiger charge is 2.37. The predicted octanol–water partition coefficient (Wildman–Crippen LogP) is 3.91. The number of rotatable bonds is 6. The Labute approximate surface area is 197 Å². The molecule has 0 aliphatic rings. The first kappa shape index (κ1) is 23.4. The van der Waals surface area contributed by atoms with E-state index in [9.17, 15) is 21.6 Å². The Balaban J connectivity index is 1.98. The number of nitrogens with zero attached hydrogens (tertiary/aromatic N) is 2. The number of methoxy groups -OCH3 is 1. The smallest absolute Gasteiger partial charge is 0.339 e. The van der Waals surface area contributed by atoms with Crippen molar-refractivity contribution < 1.29 is 26.4 Å². The molecule has 3 aromatic carbocycles. The molecule has 0 saturated heterocycles. The molecule has 0 amide bonds. The minimum Gasteiger partial charge on any atom is -0.465 e. The van der Waals surface area contributed by atoms with Gasteiger partial charge < -0.3 is 4.74 Å². The standard InChI is InChI=1S/C24H20N2O6S2/c1-17-7-6-10-22(13-17)34(30,31)26(33(28,29)21-8-4-3-5-9-21)20-11-12-23-18(15-20)14-19(16-25-23)24(27)32-2/h3-16H,1-2H3. The van der Waals surface area contributed by atoms with Gasteiger partial charge in [0, 0.05) is 11.6 Å². The second-order valence-electron chi connectivity index (χ2n) is 7.43. The minimum atomic E-state index is -4.55. The fourth-order valence-corrected chi connectivity index (χ4v) is 7.23. The van der Waals surface area contributed by atoms with Gasteiger partial charge in [-0.15, -0.1) is 0 Å². The van der Waals surface area contributed by atoms with Crippen LogP contribution in [0.1, 0.15) is 15.9 Å². The number of carbonyl (C=O) groups is 1. The molecule has 0 fully saturated rings. The number of fused-ring (bicyclic) bond motifs is 1. The number of sulfonamides is 2. The largest absolute Gasteiger partial charge is 0.465 e. The van der Waals surface area contributed by atoms with Crippen molar-refractivity contribution in [1.29, 1.82) is 0 Å². The van der Waals surface area contributed by atoms with Crippen molar-refractivity contribution >= 4 is 42.6 Å². The molecule has 4 rings (SSSR count). The molecule has 174 valence electrons. The molecular formula is C24H20N2O6S2. The molecule has 1 heterocycles. The van der Waals surface area contributed by atoms with E-state index >= 15 is 0 Å². The molecule has 0 bridgehead atoms. The number of hydrogen-bond acceptors (Lipinski definition) is 7. The molecule has 1 aromatic heterocycles. The van der Waals surface area contributed by atoms with Gasteiger partial charge in [-0.25, -0.2) is 21.6 Å². The van der Waals surface area contributed by atoms with Crippen LogP contribution in [0.3, 0.4) is 0 Å². The number of anilines is 1. The molecule has 34 heavy (non-hydrogen) atoms. The topological polar surface area (TPSA) is 111 Å². The zero-order chi connectivity index (χ0) is 24.5. The third kappa shape index (κ3) is 4.25. The quantitative estimate of drug-likeness (QED) is 0.372. The van der Waals surface area contributed by atoms with Gasteiger partial charge in [0.15, 0.2) is 0 Å². The molecular weight excluding hydrogens is 476 g/mol. The summed E-state index contributed by atoms with van der Waals surface area (Å²) in [6.45, 7) is 1.71. The van der Waals surface area contributed by atoms with Crippen molar-refractivity contribution in [2.75, 3.05) is 10.8 Å². The number of aromatic nitrogens is 1. The monoisotopic (exact) mass is 496 g/mol. The first-order valence-electron chi connectivity index (χ1n) is 10.0. The summed E-state index contributed by atoms with van der Waals surface area (Å²) in [5, 5.41) is 0.369. The zero-order valence-corrected chi connectivity index (χ0v) is 19.9. The van der Waals surface area contributed by atoms with Gasteiger partial charge in [-0.1, -0.05) is 30.3 Å². The Morgan fingerprint density at radius 3 is 2.18 bits per heavy atom. The van der Waals surface area contributed by atoms with Crippen LogP contribution in [0.2, 0.25) is 0 Å². The van der Waals surface area contributed by atoms with E-state index < -0.39 is 26.0 Å². The molecule has 8 nitrogen and oxygen atoms in total. The third-order valence-corrected chi connectivity index (χ3v) is 9.25. The Kier molecular flexibility index (Phi) is 6.11. The van der Waals surface area contributed by atoms with E-state index in [1.54, 1.807) is 25.1 Å². The summed E-state index contributed by atoms with van der Waals surface area (Å²) in [6, 6.07) is 19.0. The number of aryl methyl sites for hydroxylation is 1. The number of benzene rings is 3. The lowest BCUT2D eigenvalue weighted by Crippen LogP contribution is -2.37. The van der Waals surface area contributed by atoms with E-state index in [1.807, 2.05) is 0 Å². The molecule has 0 N–H and O–H groups in total. The van der Waals surface area contributed by atoms with Gasteiger partial charge in [-0.2, -0.15) is 3.71 Å². The first-order valence-corrected chi connectivity index (χ1v) is 12.9. The number of pyridine rings is 1. The molecule has 4 aromatic rings. The van der Waals surface area contributed by atoms with Crippen LogP contribution >= 0.6 is 0 Å². The van der Waals surface area contributed by atoms with E-state index in [0.29, 0.717) is 20.2 Å². The van der Waals surface area contributed by atoms with E-state index in [4.69, 9.17) is 4.74 Å². The predicted molar refractivity (Wildman–Crippen MR) is 128 cm³/mol. The van der Waals surface area contributed by atoms with E-state index in [-0.39, 0.29) is 21.0 Å². The average Bonchev–Trinajstić information content (AvgIpc) is 2.83. The fraction of sp³-hybridized carbons (Fsp3) is 0.0833. The molecule has 0 unspecified atom stereocenters. The Bertz CT molecular complexity index is 1600. The summed E-state index contributed by atoms with van der Waals surface area (Å²) in [5.74, 6) is -0.624. The number of hydrogen-bond donors (Lipinski definition) is 0. The van der Waals surface area contributed by atoms with Gasteiger partial charge in [-0.3, -0.25) is 4.98 Å². The maximum absolute atomic E-state index is 13.7. The van der Waals surface area contributed by atoms with E-state index in [0.717, 1.165) is 0 Å². The highest BCUT2D eigenvalue weighted by molar-refractivity contribution is 8.10. The Morgan fingerprint density at radius 1 is 0.824 bits per heavy atom. The lowest BCUT2D eigenvalue weighted by Gasteiger charge is -2.24. The van der Waals surface area contributed by atoms with Crippen LogP contribution in [0, 0.1) is 6.92 Å². The van der Waals surface area contributed by atoms with Gasteiger partial charge in [0.05, 0.1) is 33.7 Å². The molecule has 0 saturated carbocycles. The van der Waals surface area contributed by atoms with Crippen LogP contribution in [0.4, 0.5) is 5.69 Å². The summed E-state index contributed by atoms with van der Waals surface area (Å²) in [6.07, 6.45) is 1.33. The highest BCUT2D eigenvalue weighted by atomic mass is 32.3. The molecule has 0 spiro atoms. The zero-order valence-electron chi connectivity index (χ0n) is 18.2. The van der Waals surface area contributed by atoms with Crippen LogP contribution in [0.5, 0.6) is 0 Å². The molecule has 10 heteroatoms. The number of esters is 1. The lowest BCUT2D eigenvalue weighted by atomic mass is 10.1. The van der Waals surface area contributed by atoms with Gasteiger partial charge in [0.2, 0.25) is 0 Å². The Hall–Kier alpha value is -3.76. The van der Waals surface area contributed by atoms with Gasteiger partial charge >= 0.3 is 5.97 Å². The second-order valence-corrected chi connectivity index (χ2v) is 11.2. The van der Waals surface area contributed by atoms with Crippen molar-refractivity contribution in [3.63, 3.8) is 0 Å². The Morgan fingerprint density at radius 2 is 1.50 bits per heavy atom. The first-order chi connectivity index (χ1) is 16.1. The van der Waals surface area contributed by atoms with E-state index in [2.05, 4.69) is 4.98 Å². The van der Waals surface area contributed by atoms with Crippen molar-refractivity contribution in [2.24, 2.45) is 0 Å². The SMILES string of the molecule is COC(=O)c1cnc2ccc(N(S(=O)(=O)c3ccccc3)S(=O)(=O)c3cccc(C)c3)cc2c1. The normalized spacial score (nSPS) is 11.8. The fourth-order valence-electron chi connectivity index (χ4n) is 3.43. The van der Waals surface area contributed by atoms with Crippen molar-refractivity contribution in [2.45, 2.75) is 16.7 Å². The molecule has 0 atom stereocenters. The summed E-state index contributed by atoms with van der Waals surface area (Å²) in [4.78, 5) is 15.8. The summed E-state index contributed by atoms with van der Waals surface area (Å²) in [7, 11) is -7.86. The summed E-state index contributed by atoms with van der Waals surface area (Å²) in [5.41, 5.74) is 1.12. The maximum Gasteiger partial charge on any atom is 0.339 e. The van der Waals surface area contributed by atoms with Crippen molar-refractivity contribution in [3.8, 4) is 0 Å². The maximum atomic E-state index is 13.7.